The van der Waals surface area contributed by atoms with E-state index in [0.717, 1.165) is 5.56 Å². The summed E-state index contributed by atoms with van der Waals surface area (Å²) in [5.41, 5.74) is 1.10. The topological polar surface area (TPSA) is 37.1 Å². The summed E-state index contributed by atoms with van der Waals surface area (Å²) in [5, 5.41) is 0. The molecule has 3 unspecified atom stereocenters. The normalized spacial score (nSPS) is 40.8. The monoisotopic (exact) mass is 263 g/mol. The fourth-order valence-electron chi connectivity index (χ4n) is 4.05. The second kappa shape index (κ2) is 3.36. The molecule has 4 heteroatoms. The summed E-state index contributed by atoms with van der Waals surface area (Å²) in [6.07, 6.45) is 3.72. The molecule has 2 saturated carbocycles. The van der Waals surface area contributed by atoms with Gasteiger partial charge in [0.25, 0.3) is 0 Å². The van der Waals surface area contributed by atoms with Gasteiger partial charge < -0.3 is 0 Å². The van der Waals surface area contributed by atoms with Crippen LogP contribution in [0.15, 0.2) is 29.2 Å². The van der Waals surface area contributed by atoms with E-state index in [-0.39, 0.29) is 0 Å². The van der Waals surface area contributed by atoms with Crippen LogP contribution >= 0.6 is 0 Å². The summed E-state index contributed by atoms with van der Waals surface area (Å²) in [4.78, 5) is 0.460. The Labute approximate surface area is 108 Å². The van der Waals surface area contributed by atoms with Gasteiger partial charge in [0, 0.05) is 12.1 Å². The molecule has 1 saturated heterocycles. The van der Waals surface area contributed by atoms with Crippen LogP contribution in [0.1, 0.15) is 24.8 Å². The SMILES string of the molecule is Cc1ccc(S(=O)(=O)N2C3C2[C@H]2CC[C@@H]3C2)cc1. The van der Waals surface area contributed by atoms with Crippen LogP contribution in [-0.4, -0.2) is 24.8 Å². The molecule has 0 aromatic heterocycles. The van der Waals surface area contributed by atoms with Gasteiger partial charge in [0.15, 0.2) is 0 Å². The van der Waals surface area contributed by atoms with Gasteiger partial charge in [-0.2, -0.15) is 4.31 Å². The zero-order valence-electron chi connectivity index (χ0n) is 10.4. The molecule has 1 aromatic rings. The molecule has 2 aliphatic carbocycles. The van der Waals surface area contributed by atoms with Crippen molar-refractivity contribution in [2.24, 2.45) is 11.8 Å². The molecule has 3 aliphatic rings. The van der Waals surface area contributed by atoms with Crippen LogP contribution in [0.4, 0.5) is 0 Å². The molecule has 1 heterocycles. The molecular weight excluding hydrogens is 246 g/mol. The van der Waals surface area contributed by atoms with Crippen molar-refractivity contribution in [3.8, 4) is 0 Å². The maximum absolute atomic E-state index is 12.6. The first-order chi connectivity index (χ1) is 8.59. The number of hydrogen-bond donors (Lipinski definition) is 0. The summed E-state index contributed by atoms with van der Waals surface area (Å²) in [7, 11) is -3.23. The number of nitrogens with zero attached hydrogens (tertiary/aromatic N) is 1. The van der Waals surface area contributed by atoms with Gasteiger partial charge in [-0.3, -0.25) is 0 Å². The van der Waals surface area contributed by atoms with Crippen molar-refractivity contribution in [1.82, 2.24) is 4.31 Å². The Kier molecular flexibility index (Phi) is 2.06. The van der Waals surface area contributed by atoms with Gasteiger partial charge >= 0.3 is 0 Å². The molecule has 96 valence electrons. The zero-order chi connectivity index (χ0) is 12.5. The van der Waals surface area contributed by atoms with E-state index in [9.17, 15) is 8.42 Å². The number of benzene rings is 1. The molecule has 18 heavy (non-hydrogen) atoms. The second-order valence-corrected chi connectivity index (χ2v) is 7.81. The smallest absolute Gasteiger partial charge is 0.207 e. The second-order valence-electron chi connectivity index (χ2n) is 5.96. The van der Waals surface area contributed by atoms with Crippen LogP contribution in [0.25, 0.3) is 0 Å². The van der Waals surface area contributed by atoms with Crippen molar-refractivity contribution in [2.75, 3.05) is 0 Å². The predicted molar refractivity (Wildman–Crippen MR) is 68.6 cm³/mol. The average molecular weight is 263 g/mol. The first-order valence-electron chi connectivity index (χ1n) is 6.69. The highest BCUT2D eigenvalue weighted by Crippen LogP contribution is 2.60. The number of aryl methyl sites for hydroxylation is 1. The van der Waals surface area contributed by atoms with Gasteiger partial charge in [-0.05, 0) is 50.2 Å². The molecule has 2 bridgehead atoms. The lowest BCUT2D eigenvalue weighted by Crippen LogP contribution is -2.21. The number of sulfonamides is 1. The van der Waals surface area contributed by atoms with E-state index in [1.807, 2.05) is 19.1 Å². The average Bonchev–Trinajstić information content (AvgIpc) is 2.83. The largest absolute Gasteiger partial charge is 0.243 e. The van der Waals surface area contributed by atoms with Crippen LogP contribution in [0.5, 0.6) is 0 Å². The molecule has 0 spiro atoms. The van der Waals surface area contributed by atoms with E-state index in [0.29, 0.717) is 28.8 Å². The molecule has 5 atom stereocenters. The Morgan fingerprint density at radius 1 is 1.06 bits per heavy atom. The Hall–Kier alpha value is -0.870. The number of fused-ring (bicyclic) bond motifs is 5. The molecule has 1 aliphatic heterocycles. The van der Waals surface area contributed by atoms with E-state index in [4.69, 9.17) is 0 Å². The molecule has 4 rings (SSSR count). The van der Waals surface area contributed by atoms with Crippen molar-refractivity contribution in [2.45, 2.75) is 43.2 Å². The van der Waals surface area contributed by atoms with Crippen molar-refractivity contribution < 1.29 is 8.42 Å². The Bertz CT molecular complexity index is 577. The molecule has 0 radical (unpaired) electrons. The van der Waals surface area contributed by atoms with Crippen molar-refractivity contribution in [1.29, 1.82) is 0 Å². The molecular formula is C14H17NO2S. The lowest BCUT2D eigenvalue weighted by molar-refractivity contribution is 0.447. The van der Waals surface area contributed by atoms with E-state index in [1.54, 1.807) is 16.4 Å². The number of rotatable bonds is 2. The highest BCUT2D eigenvalue weighted by atomic mass is 32.2. The Morgan fingerprint density at radius 2 is 1.61 bits per heavy atom. The Morgan fingerprint density at radius 3 is 2.17 bits per heavy atom. The fraction of sp³-hybridized carbons (Fsp3) is 0.571. The van der Waals surface area contributed by atoms with Crippen LogP contribution < -0.4 is 0 Å². The maximum Gasteiger partial charge on any atom is 0.243 e. The zero-order valence-corrected chi connectivity index (χ0v) is 11.2. The lowest BCUT2D eigenvalue weighted by Gasteiger charge is -2.12. The lowest BCUT2D eigenvalue weighted by atomic mass is 10.0. The Balaban J connectivity index is 1.68. The fourth-order valence-corrected chi connectivity index (χ4v) is 5.95. The van der Waals surface area contributed by atoms with Gasteiger partial charge in [0.2, 0.25) is 10.0 Å². The summed E-state index contributed by atoms with van der Waals surface area (Å²) < 4.78 is 26.9. The van der Waals surface area contributed by atoms with E-state index in [1.165, 1.54) is 19.3 Å². The molecule has 3 fully saturated rings. The van der Waals surface area contributed by atoms with Crippen molar-refractivity contribution in [3.05, 3.63) is 29.8 Å². The van der Waals surface area contributed by atoms with Gasteiger partial charge in [0.1, 0.15) is 0 Å². The summed E-state index contributed by atoms with van der Waals surface area (Å²) in [6, 6.07) is 7.88. The van der Waals surface area contributed by atoms with Crippen molar-refractivity contribution in [3.63, 3.8) is 0 Å². The highest BCUT2D eigenvalue weighted by Gasteiger charge is 2.68. The minimum atomic E-state index is -3.23. The highest BCUT2D eigenvalue weighted by molar-refractivity contribution is 7.89. The third-order valence-electron chi connectivity index (χ3n) is 4.92. The number of hydrogen-bond acceptors (Lipinski definition) is 2. The molecule has 0 N–H and O–H groups in total. The molecule has 1 aromatic carbocycles. The quantitative estimate of drug-likeness (QED) is 0.767. The van der Waals surface area contributed by atoms with Gasteiger partial charge in [-0.25, -0.2) is 8.42 Å². The van der Waals surface area contributed by atoms with Crippen LogP contribution in [0.3, 0.4) is 0 Å². The molecule has 0 amide bonds. The van der Waals surface area contributed by atoms with Gasteiger partial charge in [-0.1, -0.05) is 17.7 Å². The van der Waals surface area contributed by atoms with E-state index < -0.39 is 10.0 Å². The van der Waals surface area contributed by atoms with E-state index in [2.05, 4.69) is 0 Å². The van der Waals surface area contributed by atoms with Crippen LogP contribution in [-0.2, 0) is 10.0 Å². The standard InChI is InChI=1S/C14H17NO2S/c1-9-2-6-12(7-3-9)18(16,17)15-13-10-4-5-11(8-10)14(13)15/h2-3,6-7,10-11,13-14H,4-5,8H2,1H3/t10-,11+,13?,14?,15?. The van der Waals surface area contributed by atoms with Gasteiger partial charge in [-0.15, -0.1) is 0 Å². The van der Waals surface area contributed by atoms with E-state index >= 15 is 0 Å². The first-order valence-corrected chi connectivity index (χ1v) is 8.13. The summed E-state index contributed by atoms with van der Waals surface area (Å²) in [6.45, 7) is 1.97. The van der Waals surface area contributed by atoms with Crippen LogP contribution in [0, 0.1) is 18.8 Å². The summed E-state index contributed by atoms with van der Waals surface area (Å²) >= 11 is 0. The maximum atomic E-state index is 12.6. The predicted octanol–water partition coefficient (Wildman–Crippen LogP) is 2.17. The molecule has 3 nitrogen and oxygen atoms in total. The minimum absolute atomic E-state index is 0.329. The van der Waals surface area contributed by atoms with Crippen LogP contribution in [0.2, 0.25) is 0 Å². The van der Waals surface area contributed by atoms with Crippen molar-refractivity contribution >= 4 is 10.0 Å². The minimum Gasteiger partial charge on any atom is -0.207 e. The van der Waals surface area contributed by atoms with Gasteiger partial charge in [0.05, 0.1) is 4.90 Å². The third-order valence-corrected chi connectivity index (χ3v) is 6.83. The number of piperidine rings is 1. The first kappa shape index (κ1) is 11.0. The summed E-state index contributed by atoms with van der Waals surface area (Å²) in [5.74, 6) is 1.28. The third kappa shape index (κ3) is 1.30.